The highest BCUT2D eigenvalue weighted by atomic mass is 32.3. The van der Waals surface area contributed by atoms with Crippen LogP contribution in [0.2, 0.25) is 0 Å². The van der Waals surface area contributed by atoms with Gasteiger partial charge in [-0.15, -0.1) is 0 Å². The Morgan fingerprint density at radius 3 is 2.15 bits per heavy atom. The number of phenols is 1. The van der Waals surface area contributed by atoms with Gasteiger partial charge < -0.3 is 91.5 Å². The van der Waals surface area contributed by atoms with Gasteiger partial charge in [0.1, 0.15) is 30.2 Å². The lowest BCUT2D eigenvalue weighted by Gasteiger charge is -2.34. The van der Waals surface area contributed by atoms with Crippen molar-refractivity contribution < 1.29 is 86.5 Å². The molecule has 2 unspecified atom stereocenters. The first-order valence-corrected chi connectivity index (χ1v) is 22.5. The van der Waals surface area contributed by atoms with Crippen molar-refractivity contribution in [3.8, 4) is 11.5 Å². The SMILES string of the molecule is C[C@@H](O)C1NC(=O)C(N)C[C@@H](O)CNC(=O)[C@@H]2[C@@H](O)[C@@H](C)CN2C(=O)[C@H]([C@H](O)CC(=O)NCCN(C)C)NC(=O)[C@H]([C@H](O)Cc2ccc(O)c(OS(=O)(=O)[O-])c2)NC(=O)[C@@H]2C[C@@H](O)CN2C1=O. The Morgan fingerprint density at radius 2 is 1.52 bits per heavy atom. The number of β-amino-alcohol motifs (C(OH)–C–C–N with tert-alkyl or cyclic N) is 1. The number of hydrogen-bond donors (Lipinski definition) is 13. The molecule has 3 fully saturated rings. The number of aromatic hydroxyl groups is 1. The molecule has 0 aromatic heterocycles. The molecule has 3 heterocycles. The molecule has 0 saturated carbocycles. The van der Waals surface area contributed by atoms with Crippen molar-refractivity contribution in [3.63, 3.8) is 0 Å². The van der Waals surface area contributed by atoms with Crippen LogP contribution in [0.5, 0.6) is 11.5 Å². The van der Waals surface area contributed by atoms with Crippen LogP contribution in [-0.2, 0) is 50.4 Å². The summed E-state index contributed by atoms with van der Waals surface area (Å²) in [6.45, 7) is 1.50. The molecule has 0 aliphatic carbocycles. The minimum absolute atomic E-state index is 0.0843. The second-order valence-electron chi connectivity index (χ2n) is 17.2. The number of aliphatic hydroxyl groups excluding tert-OH is 6. The first kappa shape index (κ1) is 54.3. The van der Waals surface area contributed by atoms with Gasteiger partial charge in [0, 0.05) is 51.5 Å². The first-order valence-electron chi connectivity index (χ1n) is 21.2. The predicted molar refractivity (Wildman–Crippen MR) is 226 cm³/mol. The van der Waals surface area contributed by atoms with E-state index in [4.69, 9.17) is 5.73 Å². The molecule has 67 heavy (non-hydrogen) atoms. The molecule has 3 aliphatic rings. The Bertz CT molecular complexity index is 2100. The highest BCUT2D eigenvalue weighted by molar-refractivity contribution is 7.81. The van der Waals surface area contributed by atoms with Crippen molar-refractivity contribution in [3.05, 3.63) is 23.8 Å². The standard InChI is InChI=1S/C39H61N9O18S/c1-17-15-48-32(33(17)56)37(60)42-14-20(50)11-22(40)34(57)43-29(18(2)49)38(61)47-16-21(51)12-23(47)35(58)44-30(25(53)9-19-5-6-24(52)27(10-19)66-67(63,64)65)36(59)45-31(39(48)62)26(54)13-28(55)41-7-8-46(3)4/h5-6,10,17-18,20-23,25-26,29-33,49-54,56H,7-9,11-16,40H2,1-4H3,(H,41,55)(H,42,60)(H,43,57)(H,44,58)(H,45,59)(H,63,64,65)/p-1/t17-,18+,20+,21+,22?,23-,25+,26+,29?,30-,31-,32-,33-/m0/s1. The van der Waals surface area contributed by atoms with Gasteiger partial charge in [0.25, 0.3) is 10.4 Å². The van der Waals surface area contributed by atoms with Crippen LogP contribution in [0.4, 0.5) is 0 Å². The van der Waals surface area contributed by atoms with Crippen LogP contribution in [0.15, 0.2) is 18.2 Å². The molecular formula is C39H60N9O18S-. The second-order valence-corrected chi connectivity index (χ2v) is 18.2. The summed E-state index contributed by atoms with van der Waals surface area (Å²) >= 11 is 0. The van der Waals surface area contributed by atoms with Gasteiger partial charge in [0.2, 0.25) is 41.4 Å². The number of nitrogens with zero attached hydrogens (tertiary/aromatic N) is 3. The quantitative estimate of drug-likeness (QED) is 0.0683. The summed E-state index contributed by atoms with van der Waals surface area (Å²) in [5.74, 6) is -10.5. The minimum atomic E-state index is -5.45. The van der Waals surface area contributed by atoms with Crippen molar-refractivity contribution in [1.82, 2.24) is 41.3 Å². The minimum Gasteiger partial charge on any atom is -0.716 e. The molecule has 14 N–H and O–H groups in total. The summed E-state index contributed by atoms with van der Waals surface area (Å²) < 4.78 is 38.3. The third kappa shape index (κ3) is 14.6. The summed E-state index contributed by atoms with van der Waals surface area (Å²) in [5.41, 5.74) is 5.89. The van der Waals surface area contributed by atoms with E-state index < -0.39 is 181 Å². The molecule has 7 amide bonds. The Kier molecular flexibility index (Phi) is 18.8. The summed E-state index contributed by atoms with van der Waals surface area (Å²) in [6.07, 6.45) is -13.1. The summed E-state index contributed by atoms with van der Waals surface area (Å²) in [6, 6.07) is -8.46. The van der Waals surface area contributed by atoms with E-state index in [1.54, 1.807) is 19.0 Å². The van der Waals surface area contributed by atoms with Gasteiger partial charge in [-0.3, -0.25) is 33.6 Å². The fourth-order valence-electron chi connectivity index (χ4n) is 7.84. The molecule has 0 radical (unpaired) electrons. The highest BCUT2D eigenvalue weighted by Gasteiger charge is 2.50. The number of nitrogens with one attached hydrogen (secondary N) is 5. The van der Waals surface area contributed by atoms with Crippen LogP contribution in [0.1, 0.15) is 38.7 Å². The number of phenolic OH excluding ortho intramolecular Hbond substituents is 1. The molecule has 0 bridgehead atoms. The lowest BCUT2D eigenvalue weighted by atomic mass is 9.98. The van der Waals surface area contributed by atoms with E-state index in [-0.39, 0.29) is 18.7 Å². The number of nitrogens with two attached hydrogens (primary N) is 1. The fourth-order valence-corrected chi connectivity index (χ4v) is 8.20. The molecule has 3 aliphatic heterocycles. The Balaban J connectivity index is 1.84. The smallest absolute Gasteiger partial charge is 0.262 e. The zero-order chi connectivity index (χ0) is 50.2. The molecule has 28 heteroatoms. The maximum absolute atomic E-state index is 14.6. The molecule has 1 aromatic carbocycles. The number of hydrogen-bond acceptors (Lipinski definition) is 20. The van der Waals surface area contributed by atoms with E-state index >= 15 is 0 Å². The van der Waals surface area contributed by atoms with Gasteiger partial charge in [0.15, 0.2) is 11.5 Å². The van der Waals surface area contributed by atoms with Gasteiger partial charge in [-0.25, -0.2) is 8.42 Å². The van der Waals surface area contributed by atoms with Gasteiger partial charge in [0.05, 0.1) is 49.1 Å². The van der Waals surface area contributed by atoms with E-state index in [9.17, 15) is 82.3 Å². The first-order chi connectivity index (χ1) is 31.2. The number of benzene rings is 1. The maximum atomic E-state index is 14.6. The van der Waals surface area contributed by atoms with E-state index in [2.05, 4.69) is 30.8 Å². The monoisotopic (exact) mass is 974 g/mol. The number of fused-ring (bicyclic) bond motifs is 2. The topological polar surface area (TPSA) is 423 Å². The average molecular weight is 975 g/mol. The largest absolute Gasteiger partial charge is 0.716 e. The number of carbonyl (C=O) groups is 7. The Labute approximate surface area is 384 Å². The lowest BCUT2D eigenvalue weighted by Crippen LogP contribution is -2.64. The molecule has 13 atom stereocenters. The molecular weight excluding hydrogens is 915 g/mol. The van der Waals surface area contributed by atoms with Crippen LogP contribution < -0.4 is 36.5 Å². The van der Waals surface area contributed by atoms with Gasteiger partial charge >= 0.3 is 0 Å². The van der Waals surface area contributed by atoms with E-state index in [1.165, 1.54) is 6.92 Å². The summed E-state index contributed by atoms with van der Waals surface area (Å²) in [4.78, 5) is 101. The predicted octanol–water partition coefficient (Wildman–Crippen LogP) is -8.22. The molecule has 376 valence electrons. The summed E-state index contributed by atoms with van der Waals surface area (Å²) in [5, 5.41) is 88.3. The Morgan fingerprint density at radius 1 is 0.896 bits per heavy atom. The number of likely N-dealkylation sites (N-methyl/N-ethyl adjacent to an activating group) is 1. The van der Waals surface area contributed by atoms with E-state index in [1.807, 2.05) is 0 Å². The highest BCUT2D eigenvalue weighted by Crippen LogP contribution is 2.30. The number of aliphatic hydroxyl groups is 6. The van der Waals surface area contributed by atoms with Gasteiger partial charge in [-0.05, 0) is 45.1 Å². The van der Waals surface area contributed by atoms with Crippen LogP contribution in [-0.4, -0.2) is 224 Å². The number of carbonyl (C=O) groups excluding carboxylic acids is 7. The van der Waals surface area contributed by atoms with Crippen LogP contribution in [0.25, 0.3) is 0 Å². The number of amides is 7. The van der Waals surface area contributed by atoms with Gasteiger partial charge in [-0.2, -0.15) is 0 Å². The summed E-state index contributed by atoms with van der Waals surface area (Å²) in [7, 11) is -2.00. The third-order valence-electron chi connectivity index (χ3n) is 11.4. The van der Waals surface area contributed by atoms with Crippen molar-refractivity contribution in [2.75, 3.05) is 46.8 Å². The molecule has 1 aromatic rings. The van der Waals surface area contributed by atoms with Crippen LogP contribution in [0, 0.1) is 5.92 Å². The number of rotatable bonds is 12. The lowest BCUT2D eigenvalue weighted by molar-refractivity contribution is -0.147. The van der Waals surface area contributed by atoms with Crippen LogP contribution in [0.3, 0.4) is 0 Å². The zero-order valence-electron chi connectivity index (χ0n) is 37.1. The normalized spacial score (nSPS) is 29.9. The van der Waals surface area contributed by atoms with Crippen molar-refractivity contribution in [2.45, 2.75) is 112 Å². The molecule has 3 saturated heterocycles. The van der Waals surface area contributed by atoms with Crippen molar-refractivity contribution in [2.24, 2.45) is 11.7 Å². The maximum Gasteiger partial charge on any atom is 0.262 e. The average Bonchev–Trinajstić information content (AvgIpc) is 3.77. The fraction of sp³-hybridized carbons (Fsp3) is 0.667. The molecule has 4 rings (SSSR count). The second kappa shape index (κ2) is 23.1. The Hall–Kier alpha value is -5.30. The third-order valence-corrected chi connectivity index (χ3v) is 11.8. The van der Waals surface area contributed by atoms with Crippen molar-refractivity contribution >= 4 is 51.7 Å². The van der Waals surface area contributed by atoms with Crippen molar-refractivity contribution in [1.29, 1.82) is 0 Å². The zero-order valence-corrected chi connectivity index (χ0v) is 37.9. The van der Waals surface area contributed by atoms with Gasteiger partial charge in [-0.1, -0.05) is 13.0 Å². The molecule has 0 spiro atoms. The van der Waals surface area contributed by atoms with E-state index in [0.29, 0.717) is 6.54 Å². The molecule has 27 nitrogen and oxygen atoms in total. The van der Waals surface area contributed by atoms with Crippen LogP contribution >= 0.6 is 0 Å². The van der Waals surface area contributed by atoms with E-state index in [0.717, 1.165) is 34.9 Å².